The molecule has 0 saturated carbocycles. The molecule has 2 aromatic rings. The molecule has 2 fully saturated rings. The van der Waals surface area contributed by atoms with Crippen LogP contribution in [-0.4, -0.2) is 44.8 Å². The molecule has 184 valence electrons. The molecule has 2 aliphatic heterocycles. The van der Waals surface area contributed by atoms with Gasteiger partial charge in [-0.3, -0.25) is 4.79 Å². The molecule has 34 heavy (non-hydrogen) atoms. The highest BCUT2D eigenvalue weighted by molar-refractivity contribution is 7.89. The van der Waals surface area contributed by atoms with E-state index in [1.165, 1.54) is 35.0 Å². The predicted molar refractivity (Wildman–Crippen MR) is 131 cm³/mol. The molecule has 4 rings (SSSR count). The van der Waals surface area contributed by atoms with Gasteiger partial charge in [0.1, 0.15) is 5.82 Å². The average molecular weight is 488 g/mol. The summed E-state index contributed by atoms with van der Waals surface area (Å²) in [5.41, 5.74) is 2.28. The Kier molecular flexibility index (Phi) is 7.57. The van der Waals surface area contributed by atoms with E-state index >= 15 is 0 Å². The van der Waals surface area contributed by atoms with Crippen molar-refractivity contribution in [3.63, 3.8) is 0 Å². The van der Waals surface area contributed by atoms with Crippen LogP contribution in [-0.2, 0) is 14.8 Å². The highest BCUT2D eigenvalue weighted by Gasteiger charge is 2.32. The number of rotatable bonds is 6. The lowest BCUT2D eigenvalue weighted by Crippen LogP contribution is -2.43. The molecule has 2 saturated heterocycles. The number of nitrogens with zero attached hydrogens (tertiary/aromatic N) is 2. The third kappa shape index (κ3) is 5.61. The average Bonchev–Trinajstić information content (AvgIpc) is 2.84. The number of hydrogen-bond acceptors (Lipinski definition) is 4. The summed E-state index contributed by atoms with van der Waals surface area (Å²) in [5.74, 6) is -0.0283. The second-order valence-corrected chi connectivity index (χ2v) is 11.6. The van der Waals surface area contributed by atoms with Gasteiger partial charge in [0.05, 0.1) is 10.9 Å². The summed E-state index contributed by atoms with van der Waals surface area (Å²) in [4.78, 5) is 15.4. The standard InChI is InChI=1S/C26H34FN3O3S/c1-19-4-3-15-29(18-19)24-9-5-21(6-10-24)20(2)28-26(31)22-13-16-30(17-14-22)34(32,33)25-11-7-23(27)8-12-25/h5-12,19-20,22H,3-4,13-18H2,1-2H3,(H,28,31)/t19-,20+/m0/s1. The normalized spacial score (nSPS) is 21.3. The zero-order valence-corrected chi connectivity index (χ0v) is 20.7. The topological polar surface area (TPSA) is 69.7 Å². The van der Waals surface area contributed by atoms with Gasteiger partial charge in [0.15, 0.2) is 0 Å². The molecular formula is C26H34FN3O3S. The summed E-state index contributed by atoms with van der Waals surface area (Å²) in [6.45, 7) is 6.99. The fourth-order valence-corrected chi connectivity index (χ4v) is 6.40. The first-order valence-electron chi connectivity index (χ1n) is 12.1. The van der Waals surface area contributed by atoms with Crippen molar-refractivity contribution in [3.8, 4) is 0 Å². The van der Waals surface area contributed by atoms with E-state index in [0.717, 1.165) is 30.8 Å². The molecule has 0 bridgehead atoms. The minimum absolute atomic E-state index is 0.0414. The Balaban J connectivity index is 1.30. The Hall–Kier alpha value is -2.45. The first kappa shape index (κ1) is 24.7. The zero-order valence-electron chi connectivity index (χ0n) is 19.9. The minimum atomic E-state index is -3.68. The van der Waals surface area contributed by atoms with Crippen LogP contribution >= 0.6 is 0 Å². The number of carbonyl (C=O) groups excluding carboxylic acids is 1. The molecule has 1 N–H and O–H groups in total. The number of sulfonamides is 1. The SMILES string of the molecule is C[C@H]1CCCN(c2ccc([C@@H](C)NC(=O)C3CCN(S(=O)(=O)c4ccc(F)cc4)CC3)cc2)C1. The van der Waals surface area contributed by atoms with Crippen LogP contribution in [0.1, 0.15) is 51.1 Å². The van der Waals surface area contributed by atoms with E-state index in [0.29, 0.717) is 18.8 Å². The number of amides is 1. The number of benzene rings is 2. The van der Waals surface area contributed by atoms with Crippen molar-refractivity contribution in [3.05, 3.63) is 59.9 Å². The van der Waals surface area contributed by atoms with Gasteiger partial charge in [-0.2, -0.15) is 4.31 Å². The first-order valence-corrected chi connectivity index (χ1v) is 13.6. The third-order valence-electron chi connectivity index (χ3n) is 7.05. The molecule has 8 heteroatoms. The fourth-order valence-electron chi connectivity index (χ4n) is 4.93. The van der Waals surface area contributed by atoms with Crippen LogP contribution in [0.2, 0.25) is 0 Å². The van der Waals surface area contributed by atoms with Gasteiger partial charge >= 0.3 is 0 Å². The predicted octanol–water partition coefficient (Wildman–Crippen LogP) is 4.34. The molecule has 6 nitrogen and oxygen atoms in total. The number of nitrogens with one attached hydrogen (secondary N) is 1. The summed E-state index contributed by atoms with van der Waals surface area (Å²) in [7, 11) is -3.68. The van der Waals surface area contributed by atoms with E-state index < -0.39 is 15.8 Å². The Bertz CT molecular complexity index is 1080. The van der Waals surface area contributed by atoms with E-state index in [1.807, 2.05) is 6.92 Å². The number of halogens is 1. The second kappa shape index (κ2) is 10.4. The van der Waals surface area contributed by atoms with Gasteiger partial charge in [0.2, 0.25) is 15.9 Å². The number of anilines is 1. The van der Waals surface area contributed by atoms with E-state index in [2.05, 4.69) is 41.4 Å². The Morgan fingerprint density at radius 3 is 2.26 bits per heavy atom. The molecule has 0 aliphatic carbocycles. The van der Waals surface area contributed by atoms with E-state index in [-0.39, 0.29) is 35.9 Å². The molecular weight excluding hydrogens is 453 g/mol. The van der Waals surface area contributed by atoms with E-state index in [9.17, 15) is 17.6 Å². The van der Waals surface area contributed by atoms with E-state index in [4.69, 9.17) is 0 Å². The Labute approximate surface area is 202 Å². The molecule has 0 spiro atoms. The van der Waals surface area contributed by atoms with Crippen molar-refractivity contribution < 1.29 is 17.6 Å². The van der Waals surface area contributed by atoms with Crippen molar-refractivity contribution in [2.45, 2.75) is 50.5 Å². The van der Waals surface area contributed by atoms with E-state index in [1.54, 1.807) is 0 Å². The molecule has 2 aromatic carbocycles. The van der Waals surface area contributed by atoms with Gasteiger partial charge in [-0.25, -0.2) is 12.8 Å². The maximum Gasteiger partial charge on any atom is 0.243 e. The summed E-state index contributed by atoms with van der Waals surface area (Å²) < 4.78 is 40.1. The van der Waals surface area contributed by atoms with Crippen molar-refractivity contribution >= 4 is 21.6 Å². The summed E-state index contributed by atoms with van der Waals surface area (Å²) in [6.07, 6.45) is 3.43. The van der Waals surface area contributed by atoms with Crippen LogP contribution in [0.3, 0.4) is 0 Å². The molecule has 0 unspecified atom stereocenters. The second-order valence-electron chi connectivity index (χ2n) is 9.65. The summed E-state index contributed by atoms with van der Waals surface area (Å²) in [5, 5.41) is 3.10. The van der Waals surface area contributed by atoms with Crippen LogP contribution < -0.4 is 10.2 Å². The largest absolute Gasteiger partial charge is 0.371 e. The first-order chi connectivity index (χ1) is 16.2. The van der Waals surface area contributed by atoms with Crippen LogP contribution in [0, 0.1) is 17.7 Å². The van der Waals surface area contributed by atoms with Crippen LogP contribution in [0.25, 0.3) is 0 Å². The molecule has 2 heterocycles. The molecule has 0 radical (unpaired) electrons. The highest BCUT2D eigenvalue weighted by atomic mass is 32.2. The molecule has 0 aromatic heterocycles. The van der Waals surface area contributed by atoms with Crippen LogP contribution in [0.5, 0.6) is 0 Å². The van der Waals surface area contributed by atoms with Gasteiger partial charge in [0.25, 0.3) is 0 Å². The fraction of sp³-hybridized carbons (Fsp3) is 0.500. The molecule has 2 atom stereocenters. The summed E-state index contributed by atoms with van der Waals surface area (Å²) >= 11 is 0. The number of piperidine rings is 2. The maximum absolute atomic E-state index is 13.1. The highest BCUT2D eigenvalue weighted by Crippen LogP contribution is 2.27. The van der Waals surface area contributed by atoms with Crippen molar-refractivity contribution in [1.82, 2.24) is 9.62 Å². The van der Waals surface area contributed by atoms with Crippen molar-refractivity contribution in [2.75, 3.05) is 31.1 Å². The number of carbonyl (C=O) groups is 1. The lowest BCUT2D eigenvalue weighted by atomic mass is 9.96. The lowest BCUT2D eigenvalue weighted by Gasteiger charge is -2.33. The van der Waals surface area contributed by atoms with Crippen molar-refractivity contribution in [2.24, 2.45) is 11.8 Å². The van der Waals surface area contributed by atoms with Gasteiger partial charge in [-0.05, 0) is 80.5 Å². The lowest BCUT2D eigenvalue weighted by molar-refractivity contribution is -0.126. The Morgan fingerprint density at radius 1 is 1.00 bits per heavy atom. The van der Waals surface area contributed by atoms with Crippen molar-refractivity contribution in [1.29, 1.82) is 0 Å². The van der Waals surface area contributed by atoms with Gasteiger partial charge in [-0.15, -0.1) is 0 Å². The third-order valence-corrected chi connectivity index (χ3v) is 8.96. The molecule has 2 aliphatic rings. The Morgan fingerprint density at radius 2 is 1.65 bits per heavy atom. The van der Waals surface area contributed by atoms with Crippen LogP contribution in [0.15, 0.2) is 53.4 Å². The van der Waals surface area contributed by atoms with Gasteiger partial charge < -0.3 is 10.2 Å². The minimum Gasteiger partial charge on any atom is -0.371 e. The number of hydrogen-bond donors (Lipinski definition) is 1. The summed E-state index contributed by atoms with van der Waals surface area (Å²) in [6, 6.07) is 13.2. The van der Waals surface area contributed by atoms with Gasteiger partial charge in [0, 0.05) is 37.8 Å². The quantitative estimate of drug-likeness (QED) is 0.658. The van der Waals surface area contributed by atoms with Crippen LogP contribution in [0.4, 0.5) is 10.1 Å². The molecule has 1 amide bonds. The maximum atomic E-state index is 13.1. The van der Waals surface area contributed by atoms with Gasteiger partial charge in [-0.1, -0.05) is 19.1 Å². The smallest absolute Gasteiger partial charge is 0.243 e. The zero-order chi connectivity index (χ0) is 24.3. The monoisotopic (exact) mass is 487 g/mol.